The molecule has 0 aromatic rings. The molecule has 8 N–H and O–H groups in total. The molecule has 0 aliphatic heterocycles. The third-order valence-electron chi connectivity index (χ3n) is 3.55. The van der Waals surface area contributed by atoms with Gasteiger partial charge in [-0.2, -0.15) is 0 Å². The molecule has 0 aliphatic carbocycles. The van der Waals surface area contributed by atoms with Crippen LogP contribution in [0.15, 0.2) is 9.98 Å². The molecule has 2 unspecified atom stereocenters. The number of carbonyl (C=O) groups excluding carboxylic acids is 2. The van der Waals surface area contributed by atoms with Crippen molar-refractivity contribution in [1.29, 1.82) is 0 Å². The number of aliphatic carboxylic acids is 2. The van der Waals surface area contributed by atoms with Crippen molar-refractivity contribution in [1.82, 2.24) is 0 Å². The number of ketones is 2. The molecule has 12 nitrogen and oxygen atoms in total. The maximum Gasteiger partial charge on any atom is 0.346 e. The van der Waals surface area contributed by atoms with Crippen LogP contribution in [0.2, 0.25) is 0 Å². The number of aliphatic imine (C=N–C) groups is 2. The molecule has 0 spiro atoms. The van der Waals surface area contributed by atoms with E-state index in [0.717, 1.165) is 0 Å². The summed E-state index contributed by atoms with van der Waals surface area (Å²) in [5.41, 5.74) is 5.88. The monoisotopic (exact) mass is 388 g/mol. The van der Waals surface area contributed by atoms with E-state index < -0.39 is 48.0 Å². The van der Waals surface area contributed by atoms with Gasteiger partial charge in [0.05, 0.1) is 13.1 Å². The summed E-state index contributed by atoms with van der Waals surface area (Å²) < 4.78 is 0. The number of carboxylic acids is 2. The number of carboxylic acid groups (broad SMARTS) is 2. The molecule has 0 saturated heterocycles. The highest BCUT2D eigenvalue weighted by molar-refractivity contribution is 6.22. The highest BCUT2D eigenvalue weighted by atomic mass is 16.4. The zero-order valence-electron chi connectivity index (χ0n) is 14.6. The largest absolute Gasteiger partial charge is 0.477 e. The van der Waals surface area contributed by atoms with Crippen LogP contribution in [0.25, 0.3) is 0 Å². The minimum absolute atomic E-state index is 0.156. The van der Waals surface area contributed by atoms with E-state index in [2.05, 4.69) is 9.98 Å². The lowest BCUT2D eigenvalue weighted by Gasteiger charge is -2.20. The molecule has 0 fully saturated rings. The van der Waals surface area contributed by atoms with Crippen LogP contribution >= 0.6 is 0 Å². The second-order valence-electron chi connectivity index (χ2n) is 5.64. The fourth-order valence-electron chi connectivity index (χ4n) is 1.95. The zero-order chi connectivity index (χ0) is 21.1. The first kappa shape index (κ1) is 24.5. The Morgan fingerprint density at radius 1 is 0.741 bits per heavy atom. The maximum absolute atomic E-state index is 11.9. The topological polar surface area (TPSA) is 226 Å². The average molecular weight is 388 g/mol. The molecule has 152 valence electrons. The normalized spacial score (nSPS) is 16.1. The van der Waals surface area contributed by atoms with Crippen molar-refractivity contribution >= 4 is 35.9 Å². The van der Waals surface area contributed by atoms with Gasteiger partial charge in [-0.3, -0.25) is 9.59 Å². The molecular weight excluding hydrogens is 364 g/mol. The standard InChI is InChI=1S/C15H24N4O8/c16-8-14(26,18-6-12(22)23)10(20)4-2-1-3-5-11(21)15(27,9-17)19-7-13(24)25/h6-7,26-27H,1-5,8-9,16-17H2,(H,22,23)(H,24,25). The lowest BCUT2D eigenvalue weighted by atomic mass is 9.99. The van der Waals surface area contributed by atoms with Crippen molar-refractivity contribution in [2.75, 3.05) is 13.1 Å². The Labute approximate surface area is 154 Å². The van der Waals surface area contributed by atoms with E-state index in [9.17, 15) is 29.4 Å². The van der Waals surface area contributed by atoms with E-state index in [1.807, 2.05) is 0 Å². The lowest BCUT2D eigenvalue weighted by Crippen LogP contribution is -2.44. The molecule has 0 amide bonds. The Morgan fingerprint density at radius 2 is 1.07 bits per heavy atom. The highest BCUT2D eigenvalue weighted by Crippen LogP contribution is 2.15. The van der Waals surface area contributed by atoms with Crippen LogP contribution in [0, 0.1) is 0 Å². The molecule has 12 heteroatoms. The van der Waals surface area contributed by atoms with E-state index >= 15 is 0 Å². The van der Waals surface area contributed by atoms with Gasteiger partial charge in [0.25, 0.3) is 0 Å². The first-order valence-corrected chi connectivity index (χ1v) is 7.98. The Bertz CT molecular complexity index is 569. The molecular formula is C15H24N4O8. The van der Waals surface area contributed by atoms with Crippen LogP contribution in [0.1, 0.15) is 32.1 Å². The molecule has 0 rings (SSSR count). The van der Waals surface area contributed by atoms with E-state index in [1.165, 1.54) is 0 Å². The van der Waals surface area contributed by atoms with Gasteiger partial charge in [0.15, 0.2) is 11.6 Å². The fourth-order valence-corrected chi connectivity index (χ4v) is 1.95. The Balaban J connectivity index is 4.49. The summed E-state index contributed by atoms with van der Waals surface area (Å²) in [5, 5.41) is 36.8. The molecule has 0 aromatic carbocycles. The van der Waals surface area contributed by atoms with Crippen molar-refractivity contribution < 1.29 is 39.6 Å². The number of aliphatic hydroxyl groups is 2. The molecule has 0 radical (unpaired) electrons. The van der Waals surface area contributed by atoms with Gasteiger partial charge in [-0.25, -0.2) is 19.6 Å². The smallest absolute Gasteiger partial charge is 0.346 e. The van der Waals surface area contributed by atoms with Gasteiger partial charge < -0.3 is 31.9 Å². The number of Topliss-reactive ketones (excluding diaryl/α,β-unsaturated/α-hetero) is 2. The van der Waals surface area contributed by atoms with Gasteiger partial charge >= 0.3 is 11.9 Å². The van der Waals surface area contributed by atoms with Gasteiger partial charge in [0.1, 0.15) is 12.4 Å². The number of rotatable bonds is 14. The number of carbonyl (C=O) groups is 4. The maximum atomic E-state index is 11.9. The summed E-state index contributed by atoms with van der Waals surface area (Å²) in [6.07, 6.45) is 1.30. The number of hydrogen-bond acceptors (Lipinski definition) is 10. The van der Waals surface area contributed by atoms with Crippen LogP contribution in [-0.2, 0) is 19.2 Å². The highest BCUT2D eigenvalue weighted by Gasteiger charge is 2.34. The summed E-state index contributed by atoms with van der Waals surface area (Å²) in [5.74, 6) is -4.41. The molecule has 2 atom stereocenters. The van der Waals surface area contributed by atoms with Crippen molar-refractivity contribution in [2.24, 2.45) is 21.5 Å². The van der Waals surface area contributed by atoms with Crippen molar-refractivity contribution in [2.45, 2.75) is 43.6 Å². The van der Waals surface area contributed by atoms with Gasteiger partial charge in [0.2, 0.25) is 11.4 Å². The fraction of sp³-hybridized carbons (Fsp3) is 0.600. The zero-order valence-corrected chi connectivity index (χ0v) is 14.6. The molecule has 27 heavy (non-hydrogen) atoms. The summed E-state index contributed by atoms with van der Waals surface area (Å²) >= 11 is 0. The predicted octanol–water partition coefficient (Wildman–Crippen LogP) is -2.32. The van der Waals surface area contributed by atoms with Crippen LogP contribution in [0.3, 0.4) is 0 Å². The van der Waals surface area contributed by atoms with Crippen molar-refractivity contribution in [3.63, 3.8) is 0 Å². The number of nitrogens with two attached hydrogens (primary N) is 2. The van der Waals surface area contributed by atoms with E-state index in [1.54, 1.807) is 0 Å². The third kappa shape index (κ3) is 8.59. The second-order valence-corrected chi connectivity index (χ2v) is 5.64. The van der Waals surface area contributed by atoms with Gasteiger partial charge in [-0.15, -0.1) is 0 Å². The summed E-state index contributed by atoms with van der Waals surface area (Å²) in [7, 11) is 0. The van der Waals surface area contributed by atoms with Gasteiger partial charge in [-0.1, -0.05) is 6.42 Å². The Morgan fingerprint density at radius 3 is 1.33 bits per heavy atom. The Hall–Kier alpha value is -2.54. The average Bonchev–Trinajstić information content (AvgIpc) is 2.63. The summed E-state index contributed by atoms with van der Waals surface area (Å²) in [6, 6.07) is 0. The lowest BCUT2D eigenvalue weighted by molar-refractivity contribution is -0.136. The number of unbranched alkanes of at least 4 members (excludes halogenated alkanes) is 2. The van der Waals surface area contributed by atoms with Gasteiger partial charge in [0, 0.05) is 12.8 Å². The van der Waals surface area contributed by atoms with Crippen LogP contribution < -0.4 is 11.5 Å². The molecule has 0 aliphatic rings. The van der Waals surface area contributed by atoms with Crippen molar-refractivity contribution in [3.05, 3.63) is 0 Å². The third-order valence-corrected chi connectivity index (χ3v) is 3.55. The van der Waals surface area contributed by atoms with Crippen LogP contribution in [0.4, 0.5) is 0 Å². The first-order chi connectivity index (χ1) is 12.5. The molecule has 0 aromatic heterocycles. The van der Waals surface area contributed by atoms with Crippen molar-refractivity contribution in [3.8, 4) is 0 Å². The van der Waals surface area contributed by atoms with E-state index in [0.29, 0.717) is 18.9 Å². The number of nitrogens with zero attached hydrogens (tertiary/aromatic N) is 2. The Kier molecular flexibility index (Phi) is 10.2. The quantitative estimate of drug-likeness (QED) is 0.137. The van der Waals surface area contributed by atoms with E-state index in [-0.39, 0.29) is 25.7 Å². The predicted molar refractivity (Wildman–Crippen MR) is 93.4 cm³/mol. The molecule has 0 bridgehead atoms. The molecule has 0 saturated carbocycles. The van der Waals surface area contributed by atoms with Gasteiger partial charge in [-0.05, 0) is 12.8 Å². The minimum Gasteiger partial charge on any atom is -0.477 e. The van der Waals surface area contributed by atoms with Crippen LogP contribution in [-0.4, -0.2) is 80.9 Å². The van der Waals surface area contributed by atoms with E-state index in [4.69, 9.17) is 21.7 Å². The number of hydrogen-bond donors (Lipinski definition) is 6. The first-order valence-electron chi connectivity index (χ1n) is 7.98. The summed E-state index contributed by atoms with van der Waals surface area (Å²) in [4.78, 5) is 51.2. The second kappa shape index (κ2) is 11.2. The summed E-state index contributed by atoms with van der Waals surface area (Å²) in [6.45, 7) is -1.17. The SMILES string of the molecule is NCC(O)(N=CC(=O)O)C(=O)CCCCCC(=O)C(O)(CN)N=CC(=O)O. The minimum atomic E-state index is -2.32. The molecule has 0 heterocycles. The van der Waals surface area contributed by atoms with Crippen LogP contribution in [0.5, 0.6) is 0 Å².